The summed E-state index contributed by atoms with van der Waals surface area (Å²) in [5, 5.41) is 3.62. The van der Waals surface area contributed by atoms with E-state index in [0.717, 1.165) is 38.1 Å². The summed E-state index contributed by atoms with van der Waals surface area (Å²) in [6, 6.07) is 0. The molecule has 120 valence electrons. The van der Waals surface area contributed by atoms with Gasteiger partial charge in [-0.1, -0.05) is 33.6 Å². The molecule has 3 heteroatoms. The molecule has 1 saturated carbocycles. The molecule has 0 aromatic rings. The van der Waals surface area contributed by atoms with Gasteiger partial charge in [-0.05, 0) is 45.2 Å². The zero-order chi connectivity index (χ0) is 15.0. The van der Waals surface area contributed by atoms with Gasteiger partial charge in [0.15, 0.2) is 0 Å². The molecule has 0 saturated heterocycles. The van der Waals surface area contributed by atoms with E-state index in [0.29, 0.717) is 5.54 Å². The normalized spacial score (nSPS) is 27.4. The van der Waals surface area contributed by atoms with Crippen molar-refractivity contribution in [3.05, 3.63) is 0 Å². The smallest absolute Gasteiger partial charge is 0.0590 e. The molecule has 0 aromatic heterocycles. The molecule has 1 rings (SSSR count). The zero-order valence-corrected chi connectivity index (χ0v) is 14.4. The van der Waals surface area contributed by atoms with E-state index >= 15 is 0 Å². The lowest BCUT2D eigenvalue weighted by Crippen LogP contribution is -2.54. The van der Waals surface area contributed by atoms with E-state index < -0.39 is 0 Å². The van der Waals surface area contributed by atoms with Gasteiger partial charge in [0, 0.05) is 25.2 Å². The summed E-state index contributed by atoms with van der Waals surface area (Å²) in [5.41, 5.74) is 0.357. The third kappa shape index (κ3) is 6.11. The minimum absolute atomic E-state index is 0.357. The van der Waals surface area contributed by atoms with E-state index in [-0.39, 0.29) is 0 Å². The van der Waals surface area contributed by atoms with Crippen LogP contribution < -0.4 is 5.32 Å². The van der Waals surface area contributed by atoms with Crippen molar-refractivity contribution in [2.75, 3.05) is 40.4 Å². The maximum Gasteiger partial charge on any atom is 0.0590 e. The lowest BCUT2D eigenvalue weighted by Gasteiger charge is -2.45. The number of nitrogens with one attached hydrogen (secondary N) is 1. The molecule has 1 N–H and O–H groups in total. The lowest BCUT2D eigenvalue weighted by atomic mass is 9.75. The van der Waals surface area contributed by atoms with E-state index in [2.05, 4.69) is 45.1 Å². The van der Waals surface area contributed by atoms with Crippen molar-refractivity contribution in [1.82, 2.24) is 10.2 Å². The van der Waals surface area contributed by atoms with Crippen LogP contribution in [0.4, 0.5) is 0 Å². The molecule has 0 aromatic carbocycles. The van der Waals surface area contributed by atoms with E-state index in [1.807, 2.05) is 0 Å². The highest BCUT2D eigenvalue weighted by atomic mass is 16.5. The number of ether oxygens (including phenoxy) is 1. The van der Waals surface area contributed by atoms with Gasteiger partial charge < -0.3 is 15.0 Å². The molecular weight excluding hydrogens is 248 g/mol. The van der Waals surface area contributed by atoms with Crippen LogP contribution in [0.5, 0.6) is 0 Å². The molecule has 3 nitrogen and oxygen atoms in total. The fraction of sp³-hybridized carbons (Fsp3) is 1.00. The summed E-state index contributed by atoms with van der Waals surface area (Å²) in [6.07, 6.45) is 6.58. The van der Waals surface area contributed by atoms with Crippen LogP contribution >= 0.6 is 0 Å². The monoisotopic (exact) mass is 284 g/mol. The molecule has 1 aliphatic carbocycles. The predicted octanol–water partition coefficient (Wildman–Crippen LogP) is 3.15. The molecule has 0 heterocycles. The number of rotatable bonds is 9. The van der Waals surface area contributed by atoms with Gasteiger partial charge in [-0.25, -0.2) is 0 Å². The Balaban J connectivity index is 2.20. The standard InChI is InChI=1S/C17H36N2O/c1-15(2)8-11-20-12-10-18-14-17(19(4)5)9-6-7-16(3)13-17/h15-16,18H,6-14H2,1-5H3. The number of nitrogens with zero attached hydrogens (tertiary/aromatic N) is 1. The van der Waals surface area contributed by atoms with Gasteiger partial charge >= 0.3 is 0 Å². The van der Waals surface area contributed by atoms with Gasteiger partial charge in [0.05, 0.1) is 6.61 Å². The first-order valence-electron chi connectivity index (χ1n) is 8.42. The molecule has 1 aliphatic rings. The van der Waals surface area contributed by atoms with Crippen molar-refractivity contribution in [1.29, 1.82) is 0 Å². The van der Waals surface area contributed by atoms with Crippen molar-refractivity contribution in [2.45, 2.75) is 58.4 Å². The Hall–Kier alpha value is -0.120. The second kappa shape index (κ2) is 9.01. The Morgan fingerprint density at radius 1 is 1.30 bits per heavy atom. The third-order valence-corrected chi connectivity index (χ3v) is 4.73. The van der Waals surface area contributed by atoms with Crippen LogP contribution in [0.1, 0.15) is 52.9 Å². The molecule has 0 bridgehead atoms. The molecule has 0 aliphatic heterocycles. The zero-order valence-electron chi connectivity index (χ0n) is 14.4. The maximum atomic E-state index is 5.67. The van der Waals surface area contributed by atoms with Gasteiger partial charge in [-0.2, -0.15) is 0 Å². The number of hydrogen-bond acceptors (Lipinski definition) is 3. The lowest BCUT2D eigenvalue weighted by molar-refractivity contribution is 0.0700. The largest absolute Gasteiger partial charge is 0.380 e. The molecule has 0 amide bonds. The van der Waals surface area contributed by atoms with Crippen LogP contribution in [0.2, 0.25) is 0 Å². The van der Waals surface area contributed by atoms with Gasteiger partial charge in [-0.15, -0.1) is 0 Å². The van der Waals surface area contributed by atoms with Crippen molar-refractivity contribution in [3.8, 4) is 0 Å². The summed E-state index contributed by atoms with van der Waals surface area (Å²) in [7, 11) is 4.47. The van der Waals surface area contributed by atoms with Crippen molar-refractivity contribution < 1.29 is 4.74 Å². The second-order valence-corrected chi connectivity index (χ2v) is 7.29. The highest BCUT2D eigenvalue weighted by Gasteiger charge is 2.36. The predicted molar refractivity (Wildman–Crippen MR) is 87.2 cm³/mol. The SMILES string of the molecule is CC(C)CCOCCNCC1(N(C)C)CCCC(C)C1. The molecule has 2 unspecified atom stereocenters. The van der Waals surface area contributed by atoms with Crippen molar-refractivity contribution >= 4 is 0 Å². The summed E-state index contributed by atoms with van der Waals surface area (Å²) in [6.45, 7) is 10.7. The number of hydrogen-bond donors (Lipinski definition) is 1. The highest BCUT2D eigenvalue weighted by Crippen LogP contribution is 2.35. The van der Waals surface area contributed by atoms with Crippen molar-refractivity contribution in [3.63, 3.8) is 0 Å². The minimum Gasteiger partial charge on any atom is -0.380 e. The second-order valence-electron chi connectivity index (χ2n) is 7.29. The Kier molecular flexibility index (Phi) is 8.08. The minimum atomic E-state index is 0.357. The average Bonchev–Trinajstić information content (AvgIpc) is 2.37. The first-order chi connectivity index (χ1) is 9.46. The van der Waals surface area contributed by atoms with Gasteiger partial charge in [0.2, 0.25) is 0 Å². The maximum absolute atomic E-state index is 5.67. The highest BCUT2D eigenvalue weighted by molar-refractivity contribution is 4.94. The molecule has 2 atom stereocenters. The van der Waals surface area contributed by atoms with E-state index in [1.165, 1.54) is 32.1 Å². The molecule has 0 radical (unpaired) electrons. The van der Waals surface area contributed by atoms with E-state index in [4.69, 9.17) is 4.74 Å². The van der Waals surface area contributed by atoms with Crippen LogP contribution in [0.15, 0.2) is 0 Å². The molecule has 0 spiro atoms. The summed E-state index contributed by atoms with van der Waals surface area (Å²) in [4.78, 5) is 2.44. The summed E-state index contributed by atoms with van der Waals surface area (Å²) >= 11 is 0. The van der Waals surface area contributed by atoms with Crippen LogP contribution in [0.3, 0.4) is 0 Å². The van der Waals surface area contributed by atoms with Crippen molar-refractivity contribution in [2.24, 2.45) is 11.8 Å². The summed E-state index contributed by atoms with van der Waals surface area (Å²) < 4.78 is 5.67. The van der Waals surface area contributed by atoms with Crippen LogP contribution in [-0.2, 0) is 4.74 Å². The van der Waals surface area contributed by atoms with Gasteiger partial charge in [0.1, 0.15) is 0 Å². The Labute approximate surface area is 126 Å². The topological polar surface area (TPSA) is 24.5 Å². The van der Waals surface area contributed by atoms with E-state index in [9.17, 15) is 0 Å². The van der Waals surface area contributed by atoms with Crippen LogP contribution in [0.25, 0.3) is 0 Å². The van der Waals surface area contributed by atoms with Crippen LogP contribution in [0, 0.1) is 11.8 Å². The number of likely N-dealkylation sites (N-methyl/N-ethyl adjacent to an activating group) is 1. The van der Waals surface area contributed by atoms with Gasteiger partial charge in [-0.3, -0.25) is 0 Å². The molecule has 1 fully saturated rings. The fourth-order valence-corrected chi connectivity index (χ4v) is 3.24. The Morgan fingerprint density at radius 3 is 2.65 bits per heavy atom. The first kappa shape index (κ1) is 17.9. The van der Waals surface area contributed by atoms with Gasteiger partial charge in [0.25, 0.3) is 0 Å². The first-order valence-corrected chi connectivity index (χ1v) is 8.42. The van der Waals surface area contributed by atoms with Crippen LogP contribution in [-0.4, -0.2) is 50.8 Å². The molecular formula is C17H36N2O. The third-order valence-electron chi connectivity index (χ3n) is 4.73. The fourth-order valence-electron chi connectivity index (χ4n) is 3.24. The summed E-state index contributed by atoms with van der Waals surface area (Å²) in [5.74, 6) is 1.60. The Bertz CT molecular complexity index is 255. The average molecular weight is 284 g/mol. The Morgan fingerprint density at radius 2 is 2.05 bits per heavy atom. The molecule has 20 heavy (non-hydrogen) atoms. The quantitative estimate of drug-likeness (QED) is 0.658. The van der Waals surface area contributed by atoms with E-state index in [1.54, 1.807) is 0 Å².